The van der Waals surface area contributed by atoms with Gasteiger partial charge in [-0.05, 0) is 26.0 Å². The fraction of sp³-hybridized carbons (Fsp3) is 0.526. The van der Waals surface area contributed by atoms with Gasteiger partial charge in [0.1, 0.15) is 23.7 Å². The van der Waals surface area contributed by atoms with Crippen LogP contribution in [0.3, 0.4) is 0 Å². The predicted octanol–water partition coefficient (Wildman–Crippen LogP) is 1.65. The molecule has 0 spiro atoms. The number of hydrogen-bond donors (Lipinski definition) is 0. The molecule has 5 atom stereocenters. The third kappa shape index (κ3) is 2.33. The lowest BCUT2D eigenvalue weighted by molar-refractivity contribution is -0.162. The smallest absolute Gasteiger partial charge is 0.256 e. The monoisotopic (exact) mass is 400 g/mol. The van der Waals surface area contributed by atoms with Crippen LogP contribution in [0.1, 0.15) is 29.9 Å². The van der Waals surface area contributed by atoms with Crippen LogP contribution in [-0.2, 0) is 27.4 Å². The fourth-order valence-electron chi connectivity index (χ4n) is 4.72. The second-order valence-corrected chi connectivity index (χ2v) is 9.19. The van der Waals surface area contributed by atoms with Crippen LogP contribution in [-0.4, -0.2) is 61.3 Å². The fourth-order valence-corrected chi connectivity index (χ4v) is 6.13. The number of fused-ring (bicyclic) bond motifs is 8. The lowest BCUT2D eigenvalue weighted by atomic mass is 9.92. The van der Waals surface area contributed by atoms with Crippen LogP contribution >= 0.6 is 11.8 Å². The molecule has 6 rings (SSSR count). The number of aromatic nitrogens is 3. The molecule has 0 aliphatic carbocycles. The molecule has 146 valence electrons. The Morgan fingerprint density at radius 1 is 1.18 bits per heavy atom. The molecule has 28 heavy (non-hydrogen) atoms. The Morgan fingerprint density at radius 2 is 2.00 bits per heavy atom. The molecule has 2 fully saturated rings. The summed E-state index contributed by atoms with van der Waals surface area (Å²) in [4.78, 5) is 16.4. The van der Waals surface area contributed by atoms with Crippen molar-refractivity contribution in [2.24, 2.45) is 0 Å². The SMILES string of the molecule is CC1(C)O[C@H]2[C@@H]3OCc4cnnn4C[C@@H]3N3C(=O)c4ccccc4S[C@H]3[C@H]2O1. The van der Waals surface area contributed by atoms with E-state index in [1.807, 2.05) is 47.7 Å². The van der Waals surface area contributed by atoms with Crippen molar-refractivity contribution in [1.29, 1.82) is 0 Å². The number of rotatable bonds is 0. The first-order chi connectivity index (χ1) is 13.5. The Hall–Kier alpha value is -1.94. The molecular weight excluding hydrogens is 380 g/mol. The van der Waals surface area contributed by atoms with Gasteiger partial charge >= 0.3 is 0 Å². The van der Waals surface area contributed by atoms with Crippen LogP contribution in [0, 0.1) is 0 Å². The summed E-state index contributed by atoms with van der Waals surface area (Å²) >= 11 is 1.67. The van der Waals surface area contributed by atoms with Crippen LogP contribution in [0.15, 0.2) is 35.4 Å². The molecule has 9 heteroatoms. The summed E-state index contributed by atoms with van der Waals surface area (Å²) in [5.74, 6) is -0.713. The first-order valence-corrected chi connectivity index (χ1v) is 10.3. The summed E-state index contributed by atoms with van der Waals surface area (Å²) < 4.78 is 20.7. The Labute approximate surface area is 166 Å². The summed E-state index contributed by atoms with van der Waals surface area (Å²) in [5.41, 5.74) is 1.63. The Bertz CT molecular complexity index is 963. The highest BCUT2D eigenvalue weighted by Gasteiger charge is 2.61. The van der Waals surface area contributed by atoms with Crippen LogP contribution in [0.25, 0.3) is 0 Å². The first-order valence-electron chi connectivity index (χ1n) is 9.45. The molecule has 0 unspecified atom stereocenters. The number of ether oxygens (including phenoxy) is 3. The maximum Gasteiger partial charge on any atom is 0.256 e. The van der Waals surface area contributed by atoms with Gasteiger partial charge < -0.3 is 19.1 Å². The van der Waals surface area contributed by atoms with E-state index in [0.717, 1.165) is 16.2 Å². The molecule has 4 aliphatic rings. The summed E-state index contributed by atoms with van der Waals surface area (Å²) in [5, 5.41) is 8.02. The van der Waals surface area contributed by atoms with E-state index in [1.54, 1.807) is 18.0 Å². The van der Waals surface area contributed by atoms with E-state index >= 15 is 0 Å². The molecule has 0 saturated carbocycles. The van der Waals surface area contributed by atoms with Gasteiger partial charge in [-0.1, -0.05) is 29.1 Å². The van der Waals surface area contributed by atoms with Crippen molar-refractivity contribution in [3.63, 3.8) is 0 Å². The molecule has 4 aliphatic heterocycles. The topological polar surface area (TPSA) is 78.7 Å². The molecular formula is C19H20N4O4S. The summed E-state index contributed by atoms with van der Waals surface area (Å²) in [7, 11) is 0. The molecule has 2 saturated heterocycles. The number of carbonyl (C=O) groups is 1. The zero-order valence-corrected chi connectivity index (χ0v) is 16.3. The number of piperidine rings is 1. The van der Waals surface area contributed by atoms with Gasteiger partial charge in [-0.15, -0.1) is 5.10 Å². The largest absolute Gasteiger partial charge is 0.367 e. The highest BCUT2D eigenvalue weighted by atomic mass is 32.2. The highest BCUT2D eigenvalue weighted by molar-refractivity contribution is 8.00. The summed E-state index contributed by atoms with van der Waals surface area (Å²) in [6.07, 6.45) is 0.913. The lowest BCUT2D eigenvalue weighted by Crippen LogP contribution is -2.67. The number of amides is 1. The van der Waals surface area contributed by atoms with E-state index in [-0.39, 0.29) is 35.6 Å². The predicted molar refractivity (Wildman–Crippen MR) is 98.5 cm³/mol. The van der Waals surface area contributed by atoms with Gasteiger partial charge in [0.2, 0.25) is 0 Å². The van der Waals surface area contributed by atoms with Crippen molar-refractivity contribution < 1.29 is 19.0 Å². The van der Waals surface area contributed by atoms with Crippen molar-refractivity contribution in [2.75, 3.05) is 0 Å². The Morgan fingerprint density at radius 3 is 2.89 bits per heavy atom. The maximum atomic E-state index is 13.5. The van der Waals surface area contributed by atoms with E-state index in [2.05, 4.69) is 10.3 Å². The van der Waals surface area contributed by atoms with E-state index < -0.39 is 5.79 Å². The number of benzene rings is 1. The molecule has 8 nitrogen and oxygen atoms in total. The second kappa shape index (κ2) is 5.79. The number of nitrogens with zero attached hydrogens (tertiary/aromatic N) is 4. The van der Waals surface area contributed by atoms with Crippen molar-refractivity contribution in [2.45, 2.75) is 67.4 Å². The standard InChI is InChI=1S/C19H20N4O4S/c1-19(2)26-15-14-12(8-22-10(9-25-14)7-20-21-22)23-17(24)11-5-3-4-6-13(11)28-18(23)16(15)27-19/h3-7,12,14-16,18H,8-9H2,1-2H3/t12-,14+,15-,16-,18-/m0/s1. The molecule has 0 radical (unpaired) electrons. The van der Waals surface area contributed by atoms with Crippen molar-refractivity contribution in [1.82, 2.24) is 19.9 Å². The van der Waals surface area contributed by atoms with Crippen LogP contribution in [0.2, 0.25) is 0 Å². The first kappa shape index (κ1) is 17.0. The van der Waals surface area contributed by atoms with Crippen LogP contribution in [0.5, 0.6) is 0 Å². The number of carbonyl (C=O) groups excluding carboxylic acids is 1. The van der Waals surface area contributed by atoms with Crippen LogP contribution < -0.4 is 0 Å². The molecule has 0 N–H and O–H groups in total. The molecule has 1 amide bonds. The maximum absolute atomic E-state index is 13.5. The van der Waals surface area contributed by atoms with Gasteiger partial charge in [-0.3, -0.25) is 4.79 Å². The van der Waals surface area contributed by atoms with Gasteiger partial charge in [-0.2, -0.15) is 0 Å². The molecule has 0 bridgehead atoms. The van der Waals surface area contributed by atoms with Crippen molar-refractivity contribution in [3.8, 4) is 0 Å². The highest BCUT2D eigenvalue weighted by Crippen LogP contribution is 2.49. The lowest BCUT2D eigenvalue weighted by Gasteiger charge is -2.50. The molecule has 1 aromatic heterocycles. The third-order valence-corrected chi connectivity index (χ3v) is 7.21. The minimum absolute atomic E-state index is 0.00766. The van der Waals surface area contributed by atoms with Gasteiger partial charge in [0.05, 0.1) is 36.6 Å². The average Bonchev–Trinajstić information content (AvgIpc) is 3.19. The van der Waals surface area contributed by atoms with E-state index in [9.17, 15) is 4.79 Å². The summed E-state index contributed by atoms with van der Waals surface area (Å²) in [6, 6.07) is 7.54. The number of thioether (sulfide) groups is 1. The zero-order chi connectivity index (χ0) is 19.0. The molecule has 1 aromatic carbocycles. The van der Waals surface area contributed by atoms with Gasteiger partial charge in [0.15, 0.2) is 5.79 Å². The zero-order valence-electron chi connectivity index (χ0n) is 15.5. The number of hydrogen-bond acceptors (Lipinski definition) is 7. The van der Waals surface area contributed by atoms with Gasteiger partial charge in [0, 0.05) is 4.90 Å². The third-order valence-electron chi connectivity index (χ3n) is 5.86. The average molecular weight is 400 g/mol. The quantitative estimate of drug-likeness (QED) is 0.665. The van der Waals surface area contributed by atoms with Crippen molar-refractivity contribution in [3.05, 3.63) is 41.7 Å². The minimum Gasteiger partial charge on any atom is -0.367 e. The Balaban J connectivity index is 1.48. The van der Waals surface area contributed by atoms with E-state index in [4.69, 9.17) is 14.2 Å². The van der Waals surface area contributed by atoms with E-state index in [0.29, 0.717) is 13.2 Å². The molecule has 5 heterocycles. The second-order valence-electron chi connectivity index (χ2n) is 8.03. The Kier molecular flexibility index (Phi) is 3.51. The molecule has 2 aromatic rings. The van der Waals surface area contributed by atoms with Gasteiger partial charge in [0.25, 0.3) is 5.91 Å². The van der Waals surface area contributed by atoms with Crippen molar-refractivity contribution >= 4 is 17.7 Å². The summed E-state index contributed by atoms with van der Waals surface area (Å²) in [6.45, 7) is 4.74. The van der Waals surface area contributed by atoms with E-state index in [1.165, 1.54) is 0 Å². The van der Waals surface area contributed by atoms with Crippen LogP contribution in [0.4, 0.5) is 0 Å². The van der Waals surface area contributed by atoms with Gasteiger partial charge in [-0.25, -0.2) is 4.68 Å². The normalized spacial score (nSPS) is 35.3. The minimum atomic E-state index is -0.721.